The van der Waals surface area contributed by atoms with Gasteiger partial charge in [0.1, 0.15) is 17.2 Å². The molecule has 3 heterocycles. The van der Waals surface area contributed by atoms with Crippen molar-refractivity contribution in [2.75, 3.05) is 0 Å². The van der Waals surface area contributed by atoms with E-state index < -0.39 is 17.2 Å². The van der Waals surface area contributed by atoms with E-state index in [0.717, 1.165) is 4.57 Å². The number of hydrogen-bond acceptors (Lipinski definition) is 7. The van der Waals surface area contributed by atoms with Crippen LogP contribution in [0, 0.1) is 5.82 Å². The van der Waals surface area contributed by atoms with E-state index >= 15 is 0 Å². The molecule has 0 radical (unpaired) electrons. The normalized spacial score (nSPS) is 11.0. The number of aromatic nitrogens is 5. The van der Waals surface area contributed by atoms with Crippen molar-refractivity contribution in [2.24, 2.45) is 7.05 Å². The van der Waals surface area contributed by atoms with E-state index in [4.69, 9.17) is 4.52 Å². The van der Waals surface area contributed by atoms with Crippen molar-refractivity contribution in [1.29, 1.82) is 0 Å². The van der Waals surface area contributed by atoms with Gasteiger partial charge in [0, 0.05) is 12.6 Å². The lowest BCUT2D eigenvalue weighted by Gasteiger charge is -2.05. The van der Waals surface area contributed by atoms with Crippen molar-refractivity contribution in [1.82, 2.24) is 30.0 Å². The van der Waals surface area contributed by atoms with Gasteiger partial charge in [0.15, 0.2) is 5.82 Å². The van der Waals surface area contributed by atoms with Crippen LogP contribution in [0.3, 0.4) is 0 Å². The summed E-state index contributed by atoms with van der Waals surface area (Å²) in [6.45, 7) is -0.0441. The monoisotopic (exact) mass is 396 g/mol. The van der Waals surface area contributed by atoms with E-state index in [-0.39, 0.29) is 40.8 Å². The van der Waals surface area contributed by atoms with Crippen molar-refractivity contribution in [2.45, 2.75) is 6.54 Å². The van der Waals surface area contributed by atoms with Gasteiger partial charge in [-0.15, -0.1) is 0 Å². The Bertz CT molecular complexity index is 1340. The fourth-order valence-corrected chi connectivity index (χ4v) is 2.64. The molecule has 1 aromatic carbocycles. The van der Waals surface area contributed by atoms with Gasteiger partial charge in [0.25, 0.3) is 17.4 Å². The number of nitrogens with zero attached hydrogens (tertiary/aromatic N) is 4. The summed E-state index contributed by atoms with van der Waals surface area (Å²) in [6.07, 6.45) is 0. The number of amides is 1. The molecule has 11 heteroatoms. The second-order valence-electron chi connectivity index (χ2n) is 6.09. The lowest BCUT2D eigenvalue weighted by Crippen LogP contribution is -2.30. The van der Waals surface area contributed by atoms with Crippen molar-refractivity contribution in [3.63, 3.8) is 0 Å². The zero-order chi connectivity index (χ0) is 20.5. The highest BCUT2D eigenvalue weighted by molar-refractivity contribution is 5.94. The minimum absolute atomic E-state index is 0.0142. The number of carbonyl (C=O) groups is 1. The molecule has 1 amide bonds. The molecule has 0 saturated heterocycles. The van der Waals surface area contributed by atoms with E-state index in [0.29, 0.717) is 5.56 Å². The van der Waals surface area contributed by atoms with Gasteiger partial charge in [-0.25, -0.2) is 14.2 Å². The molecule has 0 unspecified atom stereocenters. The first-order chi connectivity index (χ1) is 13.9. The van der Waals surface area contributed by atoms with Crippen LogP contribution in [0.2, 0.25) is 0 Å². The summed E-state index contributed by atoms with van der Waals surface area (Å²) in [5.74, 6) is -0.537. The number of aryl methyl sites for hydroxylation is 1. The van der Waals surface area contributed by atoms with Crippen molar-refractivity contribution in [3.05, 3.63) is 74.6 Å². The molecule has 0 aliphatic carbocycles. The Morgan fingerprint density at radius 1 is 1.17 bits per heavy atom. The number of halogens is 1. The van der Waals surface area contributed by atoms with Crippen molar-refractivity contribution >= 4 is 16.9 Å². The number of pyridine rings is 1. The highest BCUT2D eigenvalue weighted by Gasteiger charge is 2.14. The number of nitrogens with one attached hydrogen (secondary N) is 2. The maximum absolute atomic E-state index is 13.0. The average molecular weight is 396 g/mol. The van der Waals surface area contributed by atoms with Crippen LogP contribution < -0.4 is 16.6 Å². The zero-order valence-electron chi connectivity index (χ0n) is 15.0. The first kappa shape index (κ1) is 18.2. The largest absolute Gasteiger partial charge is 0.343 e. The highest BCUT2D eigenvalue weighted by atomic mass is 19.1. The second kappa shape index (κ2) is 7.11. The van der Waals surface area contributed by atoms with Gasteiger partial charge < -0.3 is 9.84 Å². The molecule has 0 atom stereocenters. The van der Waals surface area contributed by atoms with Crippen LogP contribution in [0.25, 0.3) is 22.5 Å². The maximum Gasteiger partial charge on any atom is 0.329 e. The van der Waals surface area contributed by atoms with E-state index in [2.05, 4.69) is 25.4 Å². The van der Waals surface area contributed by atoms with Crippen LogP contribution >= 0.6 is 0 Å². The number of benzene rings is 1. The number of carbonyl (C=O) groups excluding carboxylic acids is 1. The first-order valence-corrected chi connectivity index (χ1v) is 8.39. The molecule has 10 nitrogen and oxygen atoms in total. The Labute approximate surface area is 161 Å². The molecule has 0 spiro atoms. The SMILES string of the molecule is Cn1c(=O)[nH]c(=O)c2ccc(C(=O)NCc3noc(-c4ccc(F)cc4)n3)nc21. The number of aromatic amines is 1. The van der Waals surface area contributed by atoms with Gasteiger partial charge in [0.05, 0.1) is 11.9 Å². The third-order valence-corrected chi connectivity index (χ3v) is 4.16. The molecule has 0 bridgehead atoms. The third kappa shape index (κ3) is 3.52. The molecular weight excluding hydrogens is 383 g/mol. The molecular formula is C18H13FN6O4. The Morgan fingerprint density at radius 2 is 1.93 bits per heavy atom. The molecule has 0 aliphatic rings. The smallest absolute Gasteiger partial charge is 0.329 e. The lowest BCUT2D eigenvalue weighted by molar-refractivity contribution is 0.0945. The minimum Gasteiger partial charge on any atom is -0.343 e. The molecule has 29 heavy (non-hydrogen) atoms. The fourth-order valence-electron chi connectivity index (χ4n) is 2.64. The lowest BCUT2D eigenvalue weighted by atomic mass is 10.2. The number of hydrogen-bond donors (Lipinski definition) is 2. The van der Waals surface area contributed by atoms with Crippen LogP contribution in [0.15, 0.2) is 50.5 Å². The zero-order valence-corrected chi connectivity index (χ0v) is 15.0. The van der Waals surface area contributed by atoms with Crippen LogP contribution in [-0.2, 0) is 13.6 Å². The first-order valence-electron chi connectivity index (χ1n) is 8.39. The summed E-state index contributed by atoms with van der Waals surface area (Å²) in [5.41, 5.74) is -0.570. The summed E-state index contributed by atoms with van der Waals surface area (Å²) in [7, 11) is 1.44. The van der Waals surface area contributed by atoms with Gasteiger partial charge in [-0.3, -0.25) is 19.1 Å². The Balaban J connectivity index is 1.52. The quantitative estimate of drug-likeness (QED) is 0.519. The highest BCUT2D eigenvalue weighted by Crippen LogP contribution is 2.17. The van der Waals surface area contributed by atoms with E-state index in [9.17, 15) is 18.8 Å². The summed E-state index contributed by atoms with van der Waals surface area (Å²) >= 11 is 0. The summed E-state index contributed by atoms with van der Waals surface area (Å²) in [5, 5.41) is 6.53. The maximum atomic E-state index is 13.0. The van der Waals surface area contributed by atoms with E-state index in [1.165, 1.54) is 43.4 Å². The molecule has 0 aliphatic heterocycles. The summed E-state index contributed by atoms with van der Waals surface area (Å²) < 4.78 is 19.2. The minimum atomic E-state index is -0.632. The van der Waals surface area contributed by atoms with Crippen LogP contribution in [0.4, 0.5) is 4.39 Å². The standard InChI is InChI=1S/C18H13FN6O4/c1-25-14-11(15(26)23-18(25)28)6-7-12(21-14)16(27)20-8-13-22-17(29-24-13)9-2-4-10(19)5-3-9/h2-7H,8H2,1H3,(H,20,27)(H,23,26,28). The molecule has 3 aromatic heterocycles. The molecule has 0 saturated carbocycles. The molecule has 4 aromatic rings. The fraction of sp³-hybridized carbons (Fsp3) is 0.111. The molecule has 2 N–H and O–H groups in total. The molecule has 146 valence electrons. The average Bonchev–Trinajstić information content (AvgIpc) is 3.19. The molecule has 4 rings (SSSR count). The summed E-state index contributed by atoms with van der Waals surface area (Å²) in [4.78, 5) is 46.3. The van der Waals surface area contributed by atoms with Gasteiger partial charge in [-0.2, -0.15) is 4.98 Å². The topological polar surface area (TPSA) is 136 Å². The second-order valence-corrected chi connectivity index (χ2v) is 6.09. The van der Waals surface area contributed by atoms with Gasteiger partial charge >= 0.3 is 5.69 Å². The van der Waals surface area contributed by atoms with Crippen LogP contribution in [0.5, 0.6) is 0 Å². The Morgan fingerprint density at radius 3 is 2.69 bits per heavy atom. The predicted octanol–water partition coefficient (Wildman–Crippen LogP) is 0.741. The predicted molar refractivity (Wildman–Crippen MR) is 98.5 cm³/mol. The van der Waals surface area contributed by atoms with Crippen molar-refractivity contribution < 1.29 is 13.7 Å². The third-order valence-electron chi connectivity index (χ3n) is 4.16. The van der Waals surface area contributed by atoms with Crippen molar-refractivity contribution in [3.8, 4) is 11.5 Å². The number of H-pyrrole nitrogens is 1. The van der Waals surface area contributed by atoms with E-state index in [1.807, 2.05) is 0 Å². The Hall–Kier alpha value is -4.15. The Kier molecular flexibility index (Phi) is 4.47. The van der Waals surface area contributed by atoms with Gasteiger partial charge in [-0.05, 0) is 36.4 Å². The molecule has 0 fully saturated rings. The van der Waals surface area contributed by atoms with Gasteiger partial charge in [0.2, 0.25) is 0 Å². The van der Waals surface area contributed by atoms with Gasteiger partial charge in [-0.1, -0.05) is 5.16 Å². The van der Waals surface area contributed by atoms with Crippen LogP contribution in [-0.4, -0.2) is 30.6 Å². The number of rotatable bonds is 4. The summed E-state index contributed by atoms with van der Waals surface area (Å²) in [6, 6.07) is 8.32. The number of fused-ring (bicyclic) bond motifs is 1. The van der Waals surface area contributed by atoms with Crippen LogP contribution in [0.1, 0.15) is 16.3 Å². The van der Waals surface area contributed by atoms with E-state index in [1.54, 1.807) is 0 Å².